The predicted octanol–water partition coefficient (Wildman–Crippen LogP) is 4.87. The molecule has 0 unspecified atom stereocenters. The summed E-state index contributed by atoms with van der Waals surface area (Å²) in [4.78, 5) is 17.1. The Morgan fingerprint density at radius 2 is 1.75 bits per heavy atom. The zero-order valence-electron chi connectivity index (χ0n) is 21.1. The lowest BCUT2D eigenvalue weighted by Gasteiger charge is -2.12. The summed E-state index contributed by atoms with van der Waals surface area (Å²) in [6.07, 6.45) is 1.52. The number of fused-ring (bicyclic) bond motifs is 1. The molecule has 36 heavy (non-hydrogen) atoms. The van der Waals surface area contributed by atoms with Crippen LogP contribution in [-0.4, -0.2) is 42.3 Å². The standard InChI is InChI=1S/C29H33N3O4/c1-21-10-11-22(2)27(19-21)36-20-29(33)30-16-6-9-28-31-25-7-4-5-8-26(25)32(28)17-18-35-24-14-12-23(34-3)13-15-24/h4-5,7-8,10-15,19H,6,9,16-18,20H2,1-3H3,(H,30,33). The fraction of sp³-hybridized carbons (Fsp3) is 0.310. The third-order valence-electron chi connectivity index (χ3n) is 5.98. The highest BCUT2D eigenvalue weighted by molar-refractivity contribution is 5.77. The average molecular weight is 488 g/mol. The quantitative estimate of drug-likeness (QED) is 0.289. The molecule has 0 aliphatic heterocycles. The van der Waals surface area contributed by atoms with Crippen molar-refractivity contribution in [2.45, 2.75) is 33.2 Å². The molecule has 0 aliphatic carbocycles. The van der Waals surface area contributed by atoms with Crippen LogP contribution in [0.2, 0.25) is 0 Å². The minimum Gasteiger partial charge on any atom is -0.497 e. The molecule has 188 valence electrons. The van der Waals surface area contributed by atoms with Crippen molar-refractivity contribution in [3.05, 3.63) is 83.7 Å². The van der Waals surface area contributed by atoms with E-state index in [1.807, 2.05) is 74.5 Å². The molecule has 1 heterocycles. The van der Waals surface area contributed by atoms with E-state index in [0.29, 0.717) is 19.7 Å². The van der Waals surface area contributed by atoms with Crippen LogP contribution in [0, 0.1) is 13.8 Å². The number of imidazole rings is 1. The van der Waals surface area contributed by atoms with E-state index < -0.39 is 0 Å². The van der Waals surface area contributed by atoms with Gasteiger partial charge in [0, 0.05) is 13.0 Å². The summed E-state index contributed by atoms with van der Waals surface area (Å²) in [7, 11) is 1.65. The number of rotatable bonds is 12. The minimum absolute atomic E-state index is 0.00546. The van der Waals surface area contributed by atoms with Crippen molar-refractivity contribution in [3.63, 3.8) is 0 Å². The maximum atomic E-state index is 12.3. The molecular formula is C29H33N3O4. The Hall–Kier alpha value is -4.00. The van der Waals surface area contributed by atoms with E-state index in [9.17, 15) is 4.79 Å². The van der Waals surface area contributed by atoms with Crippen molar-refractivity contribution in [1.82, 2.24) is 14.9 Å². The second kappa shape index (κ2) is 12.1. The maximum absolute atomic E-state index is 12.3. The van der Waals surface area contributed by atoms with Crippen LogP contribution in [0.4, 0.5) is 0 Å². The predicted molar refractivity (Wildman–Crippen MR) is 141 cm³/mol. The number of benzene rings is 3. The van der Waals surface area contributed by atoms with E-state index in [1.54, 1.807) is 7.11 Å². The molecule has 4 aromatic rings. The fourth-order valence-corrected chi connectivity index (χ4v) is 4.02. The Kier molecular flexibility index (Phi) is 8.44. The van der Waals surface area contributed by atoms with Crippen molar-refractivity contribution in [1.29, 1.82) is 0 Å². The van der Waals surface area contributed by atoms with Gasteiger partial charge in [-0.25, -0.2) is 4.98 Å². The normalized spacial score (nSPS) is 10.9. The number of amides is 1. The monoisotopic (exact) mass is 487 g/mol. The zero-order chi connectivity index (χ0) is 25.3. The van der Waals surface area contributed by atoms with Gasteiger partial charge >= 0.3 is 0 Å². The fourth-order valence-electron chi connectivity index (χ4n) is 4.02. The van der Waals surface area contributed by atoms with Crippen molar-refractivity contribution >= 4 is 16.9 Å². The van der Waals surface area contributed by atoms with E-state index in [2.05, 4.69) is 16.0 Å². The number of aryl methyl sites for hydroxylation is 3. The lowest BCUT2D eigenvalue weighted by atomic mass is 10.1. The number of carbonyl (C=O) groups is 1. The number of para-hydroxylation sites is 2. The van der Waals surface area contributed by atoms with Gasteiger partial charge in [0.2, 0.25) is 0 Å². The van der Waals surface area contributed by atoms with E-state index >= 15 is 0 Å². The van der Waals surface area contributed by atoms with Gasteiger partial charge in [-0.05, 0) is 73.9 Å². The zero-order valence-corrected chi connectivity index (χ0v) is 21.1. The molecule has 1 aromatic heterocycles. The Labute approximate surface area is 212 Å². The van der Waals surface area contributed by atoms with Gasteiger partial charge in [-0.3, -0.25) is 4.79 Å². The van der Waals surface area contributed by atoms with Crippen LogP contribution < -0.4 is 19.5 Å². The lowest BCUT2D eigenvalue weighted by molar-refractivity contribution is -0.123. The molecule has 0 atom stereocenters. The van der Waals surface area contributed by atoms with E-state index in [4.69, 9.17) is 19.2 Å². The number of methoxy groups -OCH3 is 1. The Morgan fingerprint density at radius 3 is 2.56 bits per heavy atom. The SMILES string of the molecule is COc1ccc(OCCn2c(CCCNC(=O)COc3cc(C)ccc3C)nc3ccccc32)cc1. The van der Waals surface area contributed by atoms with Gasteiger partial charge in [-0.15, -0.1) is 0 Å². The Morgan fingerprint density at radius 1 is 0.972 bits per heavy atom. The summed E-state index contributed by atoms with van der Waals surface area (Å²) in [5.74, 6) is 3.20. The minimum atomic E-state index is -0.127. The van der Waals surface area contributed by atoms with Crippen LogP contribution in [-0.2, 0) is 17.8 Å². The third-order valence-corrected chi connectivity index (χ3v) is 5.98. The molecule has 0 saturated heterocycles. The molecule has 0 bridgehead atoms. The molecule has 0 aliphatic rings. The van der Waals surface area contributed by atoms with Gasteiger partial charge < -0.3 is 24.1 Å². The Balaban J connectivity index is 1.28. The van der Waals surface area contributed by atoms with Crippen LogP contribution in [0.1, 0.15) is 23.4 Å². The number of aromatic nitrogens is 2. The van der Waals surface area contributed by atoms with Crippen LogP contribution in [0.15, 0.2) is 66.7 Å². The van der Waals surface area contributed by atoms with Crippen LogP contribution in [0.25, 0.3) is 11.0 Å². The van der Waals surface area contributed by atoms with E-state index in [-0.39, 0.29) is 12.5 Å². The topological polar surface area (TPSA) is 74.6 Å². The largest absolute Gasteiger partial charge is 0.497 e. The molecule has 1 N–H and O–H groups in total. The first-order valence-corrected chi connectivity index (χ1v) is 12.2. The van der Waals surface area contributed by atoms with Crippen LogP contribution in [0.5, 0.6) is 17.2 Å². The highest BCUT2D eigenvalue weighted by atomic mass is 16.5. The highest BCUT2D eigenvalue weighted by Gasteiger charge is 2.11. The third kappa shape index (κ3) is 6.56. The summed E-state index contributed by atoms with van der Waals surface area (Å²) in [5, 5.41) is 2.95. The van der Waals surface area contributed by atoms with Crippen molar-refractivity contribution < 1.29 is 19.0 Å². The first-order valence-electron chi connectivity index (χ1n) is 12.2. The van der Waals surface area contributed by atoms with Gasteiger partial charge in [0.1, 0.15) is 29.7 Å². The van der Waals surface area contributed by atoms with E-state index in [1.165, 1.54) is 0 Å². The second-order valence-corrected chi connectivity index (χ2v) is 8.70. The lowest BCUT2D eigenvalue weighted by Crippen LogP contribution is -2.30. The van der Waals surface area contributed by atoms with Gasteiger partial charge in [0.05, 0.1) is 24.7 Å². The van der Waals surface area contributed by atoms with Gasteiger partial charge in [-0.1, -0.05) is 24.3 Å². The second-order valence-electron chi connectivity index (χ2n) is 8.70. The number of hydrogen-bond acceptors (Lipinski definition) is 5. The van der Waals surface area contributed by atoms with Crippen molar-refractivity contribution in [3.8, 4) is 17.2 Å². The average Bonchev–Trinajstić information content (AvgIpc) is 3.25. The summed E-state index contributed by atoms with van der Waals surface area (Å²) in [6.45, 7) is 5.74. The molecule has 4 rings (SSSR count). The summed E-state index contributed by atoms with van der Waals surface area (Å²) >= 11 is 0. The van der Waals surface area contributed by atoms with Gasteiger partial charge in [-0.2, -0.15) is 0 Å². The Bertz CT molecular complexity index is 1300. The number of ether oxygens (including phenoxy) is 3. The first kappa shape index (κ1) is 25.1. The first-order chi connectivity index (χ1) is 17.5. The molecule has 0 saturated carbocycles. The maximum Gasteiger partial charge on any atom is 0.257 e. The van der Waals surface area contributed by atoms with Crippen LogP contribution in [0.3, 0.4) is 0 Å². The number of nitrogens with one attached hydrogen (secondary N) is 1. The van der Waals surface area contributed by atoms with Gasteiger partial charge in [0.25, 0.3) is 5.91 Å². The number of carbonyl (C=O) groups excluding carboxylic acids is 1. The van der Waals surface area contributed by atoms with E-state index in [0.717, 1.165) is 58.1 Å². The number of nitrogens with zero attached hydrogens (tertiary/aromatic N) is 2. The molecule has 1 amide bonds. The van der Waals surface area contributed by atoms with Crippen molar-refractivity contribution in [2.75, 3.05) is 26.9 Å². The summed E-state index contributed by atoms with van der Waals surface area (Å²) < 4.78 is 19.0. The molecule has 7 nitrogen and oxygen atoms in total. The molecule has 0 radical (unpaired) electrons. The summed E-state index contributed by atoms with van der Waals surface area (Å²) in [5.41, 5.74) is 4.16. The number of hydrogen-bond donors (Lipinski definition) is 1. The smallest absolute Gasteiger partial charge is 0.257 e. The molecule has 0 spiro atoms. The molecular weight excluding hydrogens is 454 g/mol. The van der Waals surface area contributed by atoms with Gasteiger partial charge in [0.15, 0.2) is 6.61 Å². The molecule has 7 heteroatoms. The van der Waals surface area contributed by atoms with Crippen LogP contribution >= 0.6 is 0 Å². The molecule has 3 aromatic carbocycles. The van der Waals surface area contributed by atoms with Crippen molar-refractivity contribution in [2.24, 2.45) is 0 Å². The summed E-state index contributed by atoms with van der Waals surface area (Å²) in [6, 6.07) is 21.7. The molecule has 0 fully saturated rings. The highest BCUT2D eigenvalue weighted by Crippen LogP contribution is 2.20.